The van der Waals surface area contributed by atoms with Crippen LogP contribution in [0.4, 0.5) is 11.5 Å². The summed E-state index contributed by atoms with van der Waals surface area (Å²) in [5.41, 5.74) is 0.967. The quantitative estimate of drug-likeness (QED) is 0.907. The highest BCUT2D eigenvalue weighted by Crippen LogP contribution is 2.14. The molecule has 104 valence electrons. The van der Waals surface area contributed by atoms with E-state index in [1.807, 2.05) is 13.8 Å². The Morgan fingerprint density at radius 2 is 1.90 bits per heavy atom. The first-order valence-electron chi connectivity index (χ1n) is 6.20. The van der Waals surface area contributed by atoms with Crippen LogP contribution in [0.25, 0.3) is 0 Å². The van der Waals surface area contributed by atoms with Crippen molar-refractivity contribution >= 4 is 29.0 Å². The van der Waals surface area contributed by atoms with Crippen LogP contribution in [-0.4, -0.2) is 21.9 Å². The normalized spacial score (nSPS) is 10.4. The molecule has 6 heteroatoms. The van der Waals surface area contributed by atoms with Gasteiger partial charge in [0.05, 0.1) is 0 Å². The molecule has 0 saturated heterocycles. The molecule has 2 N–H and O–H groups in total. The molecule has 0 aliphatic heterocycles. The average molecular weight is 291 g/mol. The number of carbonyl (C=O) groups excluding carboxylic acids is 1. The molecule has 1 aromatic heterocycles. The number of benzene rings is 1. The Kier molecular flexibility index (Phi) is 4.53. The fourth-order valence-electron chi connectivity index (χ4n) is 1.58. The van der Waals surface area contributed by atoms with Crippen LogP contribution in [-0.2, 0) is 0 Å². The van der Waals surface area contributed by atoms with Crippen LogP contribution >= 0.6 is 11.6 Å². The number of amides is 1. The number of rotatable bonds is 4. The van der Waals surface area contributed by atoms with Gasteiger partial charge >= 0.3 is 0 Å². The SMILES string of the molecule is CC(C)Nc1cc(C(=O)Nc2ccc(Cl)cc2)ncn1. The van der Waals surface area contributed by atoms with E-state index in [4.69, 9.17) is 11.6 Å². The van der Waals surface area contributed by atoms with Crippen LogP contribution in [0.2, 0.25) is 5.02 Å². The van der Waals surface area contributed by atoms with E-state index in [0.29, 0.717) is 22.2 Å². The number of halogens is 1. The Labute approximate surface area is 122 Å². The van der Waals surface area contributed by atoms with Crippen molar-refractivity contribution in [2.24, 2.45) is 0 Å². The van der Waals surface area contributed by atoms with Crippen molar-refractivity contribution in [3.63, 3.8) is 0 Å². The Hall–Kier alpha value is -2.14. The second-order valence-electron chi connectivity index (χ2n) is 4.55. The smallest absolute Gasteiger partial charge is 0.274 e. The lowest BCUT2D eigenvalue weighted by molar-refractivity contribution is 0.102. The van der Waals surface area contributed by atoms with Gasteiger partial charge < -0.3 is 10.6 Å². The summed E-state index contributed by atoms with van der Waals surface area (Å²) in [4.78, 5) is 20.1. The molecule has 0 fully saturated rings. The molecule has 0 radical (unpaired) electrons. The lowest BCUT2D eigenvalue weighted by Gasteiger charge is -2.09. The van der Waals surface area contributed by atoms with Crippen LogP contribution in [0.1, 0.15) is 24.3 Å². The summed E-state index contributed by atoms with van der Waals surface area (Å²) < 4.78 is 0. The van der Waals surface area contributed by atoms with Gasteiger partial charge in [-0.2, -0.15) is 0 Å². The van der Waals surface area contributed by atoms with E-state index in [9.17, 15) is 4.79 Å². The van der Waals surface area contributed by atoms with Crippen molar-refractivity contribution in [1.29, 1.82) is 0 Å². The summed E-state index contributed by atoms with van der Waals surface area (Å²) in [7, 11) is 0. The Balaban J connectivity index is 2.10. The minimum Gasteiger partial charge on any atom is -0.368 e. The number of carbonyl (C=O) groups is 1. The Morgan fingerprint density at radius 1 is 1.20 bits per heavy atom. The van der Waals surface area contributed by atoms with E-state index in [1.165, 1.54) is 6.33 Å². The topological polar surface area (TPSA) is 66.9 Å². The predicted molar refractivity (Wildman–Crippen MR) is 80.2 cm³/mol. The highest BCUT2D eigenvalue weighted by molar-refractivity contribution is 6.30. The summed E-state index contributed by atoms with van der Waals surface area (Å²) in [6, 6.07) is 8.73. The Morgan fingerprint density at radius 3 is 2.55 bits per heavy atom. The van der Waals surface area contributed by atoms with Crippen molar-refractivity contribution in [2.45, 2.75) is 19.9 Å². The number of nitrogens with zero attached hydrogens (tertiary/aromatic N) is 2. The van der Waals surface area contributed by atoms with Crippen molar-refractivity contribution in [1.82, 2.24) is 9.97 Å². The third kappa shape index (κ3) is 3.93. The van der Waals surface area contributed by atoms with Crippen molar-refractivity contribution < 1.29 is 4.79 Å². The highest BCUT2D eigenvalue weighted by Gasteiger charge is 2.09. The minimum absolute atomic E-state index is 0.233. The zero-order valence-electron chi connectivity index (χ0n) is 11.2. The summed E-state index contributed by atoms with van der Waals surface area (Å²) in [6.07, 6.45) is 1.36. The third-order valence-corrected chi connectivity index (χ3v) is 2.69. The van der Waals surface area contributed by atoms with E-state index in [0.717, 1.165) is 0 Å². The van der Waals surface area contributed by atoms with E-state index < -0.39 is 0 Å². The zero-order chi connectivity index (χ0) is 14.5. The number of aromatic nitrogens is 2. The maximum atomic E-state index is 12.1. The van der Waals surface area contributed by atoms with Crippen molar-refractivity contribution in [3.8, 4) is 0 Å². The molecular formula is C14H15ClN4O. The minimum atomic E-state index is -0.290. The molecular weight excluding hydrogens is 276 g/mol. The maximum Gasteiger partial charge on any atom is 0.274 e. The highest BCUT2D eigenvalue weighted by atomic mass is 35.5. The predicted octanol–water partition coefficient (Wildman–Crippen LogP) is 3.20. The number of nitrogens with one attached hydrogen (secondary N) is 2. The lowest BCUT2D eigenvalue weighted by Crippen LogP contribution is -2.16. The largest absolute Gasteiger partial charge is 0.368 e. The summed E-state index contributed by atoms with van der Waals surface area (Å²) >= 11 is 5.79. The summed E-state index contributed by atoms with van der Waals surface area (Å²) in [6.45, 7) is 3.99. The molecule has 0 spiro atoms. The first kappa shape index (κ1) is 14.3. The van der Waals surface area contributed by atoms with E-state index in [1.54, 1.807) is 30.3 Å². The van der Waals surface area contributed by atoms with Gasteiger partial charge in [0.2, 0.25) is 0 Å². The first-order chi connectivity index (χ1) is 9.54. The van der Waals surface area contributed by atoms with Crippen molar-refractivity contribution in [3.05, 3.63) is 47.4 Å². The van der Waals surface area contributed by atoms with Crippen LogP contribution in [0.3, 0.4) is 0 Å². The number of hydrogen-bond acceptors (Lipinski definition) is 4. The van der Waals surface area contributed by atoms with E-state index in [2.05, 4.69) is 20.6 Å². The number of hydrogen-bond donors (Lipinski definition) is 2. The Bertz CT molecular complexity index is 598. The maximum absolute atomic E-state index is 12.1. The second-order valence-corrected chi connectivity index (χ2v) is 4.98. The fraction of sp³-hybridized carbons (Fsp3) is 0.214. The van der Waals surface area contributed by atoms with Gasteiger partial charge in [-0.25, -0.2) is 9.97 Å². The van der Waals surface area contributed by atoms with Crippen molar-refractivity contribution in [2.75, 3.05) is 10.6 Å². The van der Waals surface area contributed by atoms with Crippen LogP contribution in [0.5, 0.6) is 0 Å². The van der Waals surface area contributed by atoms with Crippen LogP contribution in [0.15, 0.2) is 36.7 Å². The molecule has 5 nitrogen and oxygen atoms in total. The molecule has 0 atom stereocenters. The molecule has 1 heterocycles. The molecule has 2 rings (SSSR count). The van der Waals surface area contributed by atoms with Gasteiger partial charge in [0, 0.05) is 22.8 Å². The third-order valence-electron chi connectivity index (χ3n) is 2.44. The zero-order valence-corrected chi connectivity index (χ0v) is 12.0. The molecule has 1 aromatic carbocycles. The molecule has 20 heavy (non-hydrogen) atoms. The van der Waals surface area contributed by atoms with E-state index >= 15 is 0 Å². The van der Waals surface area contributed by atoms with Gasteiger partial charge in [0.25, 0.3) is 5.91 Å². The molecule has 0 bridgehead atoms. The van der Waals surface area contributed by atoms with Gasteiger partial charge in [-0.1, -0.05) is 11.6 Å². The lowest BCUT2D eigenvalue weighted by atomic mass is 10.3. The average Bonchev–Trinajstić information content (AvgIpc) is 2.41. The molecule has 0 aliphatic carbocycles. The van der Waals surface area contributed by atoms with Gasteiger partial charge in [-0.05, 0) is 38.1 Å². The van der Waals surface area contributed by atoms with Gasteiger partial charge in [-0.3, -0.25) is 4.79 Å². The summed E-state index contributed by atoms with van der Waals surface area (Å²) in [5, 5.41) is 6.49. The van der Waals surface area contributed by atoms with Gasteiger partial charge in [0.1, 0.15) is 17.8 Å². The molecule has 2 aromatic rings. The molecule has 0 aliphatic rings. The van der Waals surface area contributed by atoms with Crippen LogP contribution in [0, 0.1) is 0 Å². The monoisotopic (exact) mass is 290 g/mol. The molecule has 0 saturated carbocycles. The van der Waals surface area contributed by atoms with Crippen LogP contribution < -0.4 is 10.6 Å². The molecule has 0 unspecified atom stereocenters. The van der Waals surface area contributed by atoms with Gasteiger partial charge in [-0.15, -0.1) is 0 Å². The fourth-order valence-corrected chi connectivity index (χ4v) is 1.71. The standard InChI is InChI=1S/C14H15ClN4O/c1-9(2)18-13-7-12(16-8-17-13)14(20)19-11-5-3-10(15)4-6-11/h3-9H,1-2H3,(H,19,20)(H,16,17,18). The summed E-state index contributed by atoms with van der Waals surface area (Å²) in [5.74, 6) is 0.331. The van der Waals surface area contributed by atoms with Gasteiger partial charge in [0.15, 0.2) is 0 Å². The number of anilines is 2. The first-order valence-corrected chi connectivity index (χ1v) is 6.58. The second kappa shape index (κ2) is 6.34. The van der Waals surface area contributed by atoms with E-state index in [-0.39, 0.29) is 11.9 Å². The molecule has 1 amide bonds.